The summed E-state index contributed by atoms with van der Waals surface area (Å²) in [6, 6.07) is 13.4. The maximum atomic E-state index is 14.0. The number of imidazole rings is 1. The minimum atomic E-state index is -0.299. The third-order valence-electron chi connectivity index (χ3n) is 5.57. The van der Waals surface area contributed by atoms with Gasteiger partial charge in [-0.05, 0) is 61.9 Å². The number of amides is 1. The van der Waals surface area contributed by atoms with E-state index in [0.29, 0.717) is 45.3 Å². The third kappa shape index (κ3) is 4.19. The third-order valence-corrected chi connectivity index (χ3v) is 5.57. The van der Waals surface area contributed by atoms with Gasteiger partial charge >= 0.3 is 0 Å². The molecule has 0 spiro atoms. The lowest BCUT2D eigenvalue weighted by Crippen LogP contribution is -2.13. The van der Waals surface area contributed by atoms with Gasteiger partial charge in [0, 0.05) is 40.8 Å². The average Bonchev–Trinajstić information content (AvgIpc) is 3.25. The highest BCUT2D eigenvalue weighted by atomic mass is 19.1. The second-order valence-corrected chi connectivity index (χ2v) is 7.98. The summed E-state index contributed by atoms with van der Waals surface area (Å²) in [5, 5.41) is 7.32. The van der Waals surface area contributed by atoms with Crippen molar-refractivity contribution in [2.24, 2.45) is 0 Å². The van der Waals surface area contributed by atoms with E-state index >= 15 is 0 Å². The van der Waals surface area contributed by atoms with E-state index in [1.807, 2.05) is 6.92 Å². The fraction of sp³-hybridized carbons (Fsp3) is 0.115. The van der Waals surface area contributed by atoms with Crippen molar-refractivity contribution in [1.29, 1.82) is 0 Å². The van der Waals surface area contributed by atoms with Gasteiger partial charge in [0.2, 0.25) is 0 Å². The summed E-state index contributed by atoms with van der Waals surface area (Å²) in [4.78, 5) is 26.0. The van der Waals surface area contributed by atoms with E-state index in [-0.39, 0.29) is 11.7 Å². The summed E-state index contributed by atoms with van der Waals surface area (Å²) in [7, 11) is 1.56. The lowest BCUT2D eigenvalue weighted by molar-refractivity contribution is 0.102. The standard InChI is InChI=1S/C26H21FN6O2/c1-15-12-17(4-5-20(15)27)23-24(33-25(32-23)21(35-3)8-11-30-33)18-6-10-29-22(14-18)31-26(34)19-7-9-28-16(2)13-19/h4-14H,1-3H3,(H,29,31,34). The molecule has 0 radical (unpaired) electrons. The van der Waals surface area contributed by atoms with Crippen molar-refractivity contribution in [1.82, 2.24) is 24.6 Å². The number of hydrogen-bond acceptors (Lipinski definition) is 6. The number of aryl methyl sites for hydroxylation is 2. The van der Waals surface area contributed by atoms with Crippen LogP contribution < -0.4 is 10.1 Å². The second kappa shape index (κ2) is 8.94. The lowest BCUT2D eigenvalue weighted by Gasteiger charge is -2.09. The molecule has 0 unspecified atom stereocenters. The van der Waals surface area contributed by atoms with E-state index in [4.69, 9.17) is 9.72 Å². The van der Waals surface area contributed by atoms with Crippen molar-refractivity contribution in [3.63, 3.8) is 0 Å². The number of benzene rings is 1. The summed E-state index contributed by atoms with van der Waals surface area (Å²) < 4.78 is 21.1. The Balaban J connectivity index is 1.63. The van der Waals surface area contributed by atoms with Gasteiger partial charge < -0.3 is 10.1 Å². The number of carbonyl (C=O) groups is 1. The lowest BCUT2D eigenvalue weighted by atomic mass is 10.0. The molecule has 9 heteroatoms. The first-order chi connectivity index (χ1) is 16.9. The molecule has 8 nitrogen and oxygen atoms in total. The minimum absolute atomic E-state index is 0.296. The highest BCUT2D eigenvalue weighted by Gasteiger charge is 2.21. The van der Waals surface area contributed by atoms with Crippen LogP contribution in [0.2, 0.25) is 0 Å². The first kappa shape index (κ1) is 22.1. The predicted octanol–water partition coefficient (Wildman–Crippen LogP) is 4.87. The summed E-state index contributed by atoms with van der Waals surface area (Å²) in [6.07, 6.45) is 4.80. The van der Waals surface area contributed by atoms with Gasteiger partial charge in [-0.1, -0.05) is 0 Å². The van der Waals surface area contributed by atoms with Crippen molar-refractivity contribution in [3.8, 4) is 28.3 Å². The van der Waals surface area contributed by atoms with E-state index in [2.05, 4.69) is 20.4 Å². The normalized spacial score (nSPS) is 11.0. The van der Waals surface area contributed by atoms with E-state index < -0.39 is 0 Å². The summed E-state index contributed by atoms with van der Waals surface area (Å²) >= 11 is 0. The Morgan fingerprint density at radius 1 is 0.971 bits per heavy atom. The van der Waals surface area contributed by atoms with E-state index in [0.717, 1.165) is 11.3 Å². The van der Waals surface area contributed by atoms with Crippen molar-refractivity contribution >= 4 is 17.4 Å². The van der Waals surface area contributed by atoms with Crippen LogP contribution >= 0.6 is 0 Å². The van der Waals surface area contributed by atoms with Crippen LogP contribution in [0.3, 0.4) is 0 Å². The number of nitrogens with zero attached hydrogens (tertiary/aromatic N) is 5. The molecular formula is C26H21FN6O2. The molecule has 0 bridgehead atoms. The number of methoxy groups -OCH3 is 1. The molecule has 4 heterocycles. The first-order valence-electron chi connectivity index (χ1n) is 10.8. The van der Waals surface area contributed by atoms with Gasteiger partial charge in [-0.15, -0.1) is 0 Å². The second-order valence-electron chi connectivity index (χ2n) is 7.98. The number of halogens is 1. The van der Waals surface area contributed by atoms with Gasteiger partial charge in [0.25, 0.3) is 5.91 Å². The molecule has 0 atom stereocenters. The van der Waals surface area contributed by atoms with Crippen LogP contribution in [0.15, 0.2) is 67.1 Å². The van der Waals surface area contributed by atoms with Crippen molar-refractivity contribution in [3.05, 3.63) is 89.8 Å². The fourth-order valence-electron chi connectivity index (χ4n) is 3.86. The summed E-state index contributed by atoms with van der Waals surface area (Å²) in [5.74, 6) is 0.311. The molecule has 0 saturated carbocycles. The van der Waals surface area contributed by atoms with Crippen LogP contribution in [-0.4, -0.2) is 37.6 Å². The van der Waals surface area contributed by atoms with Gasteiger partial charge in [0.1, 0.15) is 17.3 Å². The molecule has 1 aromatic carbocycles. The van der Waals surface area contributed by atoms with Gasteiger partial charge in [0.15, 0.2) is 11.4 Å². The average molecular weight is 468 g/mol. The van der Waals surface area contributed by atoms with Gasteiger partial charge in [-0.3, -0.25) is 9.78 Å². The molecule has 0 aliphatic rings. The van der Waals surface area contributed by atoms with Crippen LogP contribution in [0.1, 0.15) is 21.6 Å². The molecule has 5 aromatic rings. The van der Waals surface area contributed by atoms with Crippen molar-refractivity contribution in [2.45, 2.75) is 13.8 Å². The smallest absolute Gasteiger partial charge is 0.256 e. The Morgan fingerprint density at radius 3 is 2.57 bits per heavy atom. The monoisotopic (exact) mass is 468 g/mol. The number of hydrogen-bond donors (Lipinski definition) is 1. The molecule has 4 aromatic heterocycles. The van der Waals surface area contributed by atoms with E-state index in [9.17, 15) is 9.18 Å². The predicted molar refractivity (Wildman–Crippen MR) is 130 cm³/mol. The molecule has 174 valence electrons. The molecule has 1 amide bonds. The Labute approximate surface area is 200 Å². The molecule has 0 saturated heterocycles. The maximum absolute atomic E-state index is 14.0. The largest absolute Gasteiger partial charge is 0.493 e. The number of nitrogens with one attached hydrogen (secondary N) is 1. The van der Waals surface area contributed by atoms with Crippen LogP contribution in [-0.2, 0) is 0 Å². The van der Waals surface area contributed by atoms with Crippen molar-refractivity contribution in [2.75, 3.05) is 12.4 Å². The van der Waals surface area contributed by atoms with Gasteiger partial charge in [-0.2, -0.15) is 5.10 Å². The maximum Gasteiger partial charge on any atom is 0.256 e. The van der Waals surface area contributed by atoms with Crippen LogP contribution in [0.25, 0.3) is 28.2 Å². The number of carbonyl (C=O) groups excluding carboxylic acids is 1. The Kier molecular flexibility index (Phi) is 5.66. The summed E-state index contributed by atoms with van der Waals surface area (Å²) in [6.45, 7) is 3.52. The number of pyridine rings is 2. The topological polar surface area (TPSA) is 94.3 Å². The van der Waals surface area contributed by atoms with Gasteiger partial charge in [0.05, 0.1) is 19.0 Å². The number of ether oxygens (including phenoxy) is 1. The SMILES string of the molecule is COc1ccnn2c(-c3ccnc(NC(=O)c4ccnc(C)c4)c3)c(-c3ccc(F)c(C)c3)nc12. The Morgan fingerprint density at radius 2 is 1.80 bits per heavy atom. The van der Waals surface area contributed by atoms with Crippen molar-refractivity contribution < 1.29 is 13.9 Å². The number of anilines is 1. The highest BCUT2D eigenvalue weighted by Crippen LogP contribution is 2.35. The first-order valence-corrected chi connectivity index (χ1v) is 10.8. The molecule has 35 heavy (non-hydrogen) atoms. The van der Waals surface area contributed by atoms with Gasteiger partial charge in [-0.25, -0.2) is 18.9 Å². The Bertz CT molecular complexity index is 1580. The fourth-order valence-corrected chi connectivity index (χ4v) is 3.86. The highest BCUT2D eigenvalue weighted by molar-refractivity contribution is 6.04. The van der Waals surface area contributed by atoms with Crippen LogP contribution in [0.4, 0.5) is 10.2 Å². The minimum Gasteiger partial charge on any atom is -0.493 e. The molecule has 1 N–H and O–H groups in total. The molecule has 0 aliphatic carbocycles. The Hall–Kier alpha value is -4.66. The van der Waals surface area contributed by atoms with E-state index in [1.54, 1.807) is 79.6 Å². The number of fused-ring (bicyclic) bond motifs is 1. The van der Waals surface area contributed by atoms with E-state index in [1.165, 1.54) is 6.07 Å². The number of aromatic nitrogens is 5. The molecular weight excluding hydrogens is 447 g/mol. The molecule has 0 fully saturated rings. The summed E-state index contributed by atoms with van der Waals surface area (Å²) in [5.41, 5.74) is 4.92. The molecule has 5 rings (SSSR count). The zero-order valence-corrected chi connectivity index (χ0v) is 19.3. The zero-order chi connectivity index (χ0) is 24.5. The van der Waals surface area contributed by atoms with Crippen LogP contribution in [0, 0.1) is 19.7 Å². The van der Waals surface area contributed by atoms with Crippen LogP contribution in [0.5, 0.6) is 5.75 Å². The molecule has 0 aliphatic heterocycles. The number of rotatable bonds is 5. The zero-order valence-electron chi connectivity index (χ0n) is 19.3. The quantitative estimate of drug-likeness (QED) is 0.396.